The van der Waals surface area contributed by atoms with Gasteiger partial charge in [-0.05, 0) is 29.8 Å². The Morgan fingerprint density at radius 3 is 2.71 bits per heavy atom. The molecule has 2 N–H and O–H groups in total. The number of aromatic nitrogens is 2. The Labute approximate surface area is 138 Å². The second-order valence-electron chi connectivity index (χ2n) is 5.17. The quantitative estimate of drug-likeness (QED) is 0.665. The Hall–Kier alpha value is -3.35. The van der Waals surface area contributed by atoms with Crippen molar-refractivity contribution in [3.05, 3.63) is 47.4 Å². The van der Waals surface area contributed by atoms with Crippen LogP contribution in [0.2, 0.25) is 0 Å². The zero-order chi connectivity index (χ0) is 17.1. The minimum atomic E-state index is -0.190. The average molecular weight is 324 g/mol. The predicted molar refractivity (Wildman–Crippen MR) is 90.9 cm³/mol. The maximum absolute atomic E-state index is 12.6. The molecular weight excluding hydrogens is 308 g/mol. The molecule has 0 atom stereocenters. The number of benzene rings is 1. The molecule has 122 valence electrons. The first-order valence-electron chi connectivity index (χ1n) is 7.24. The molecule has 1 aliphatic heterocycles. The van der Waals surface area contributed by atoms with Crippen LogP contribution < -0.4 is 10.1 Å². The minimum absolute atomic E-state index is 0.190. The molecule has 1 aromatic carbocycles. The highest BCUT2D eigenvalue weighted by Crippen LogP contribution is 2.27. The standard InChI is InChI=1S/C17H16N4O3/c1-21-8-7-14-15(20-17(19-14)18-10-22)13(16(21)23)9-11-3-5-12(24-2)6-4-11/h3-10H,1-2H3,(H2,18,19,20,22)/b13-9+. The second kappa shape index (κ2) is 6.41. The Bertz CT molecular complexity index is 834. The molecule has 0 bridgehead atoms. The zero-order valence-corrected chi connectivity index (χ0v) is 13.2. The number of methoxy groups -OCH3 is 1. The summed E-state index contributed by atoms with van der Waals surface area (Å²) in [5.74, 6) is 0.837. The molecule has 1 aliphatic rings. The van der Waals surface area contributed by atoms with Gasteiger partial charge < -0.3 is 14.6 Å². The van der Waals surface area contributed by atoms with E-state index >= 15 is 0 Å². The van der Waals surface area contributed by atoms with E-state index in [1.807, 2.05) is 24.3 Å². The van der Waals surface area contributed by atoms with Crippen molar-refractivity contribution in [3.63, 3.8) is 0 Å². The maximum Gasteiger partial charge on any atom is 0.259 e. The van der Waals surface area contributed by atoms with Crippen molar-refractivity contribution in [1.29, 1.82) is 0 Å². The van der Waals surface area contributed by atoms with Gasteiger partial charge in [0.25, 0.3) is 5.91 Å². The highest BCUT2D eigenvalue weighted by molar-refractivity contribution is 6.25. The first kappa shape index (κ1) is 15.5. The van der Waals surface area contributed by atoms with E-state index in [0.29, 0.717) is 23.4 Å². The van der Waals surface area contributed by atoms with Crippen molar-refractivity contribution in [2.45, 2.75) is 0 Å². The van der Waals surface area contributed by atoms with Gasteiger partial charge in [-0.25, -0.2) is 4.98 Å². The molecule has 0 saturated heterocycles. The van der Waals surface area contributed by atoms with Crippen molar-refractivity contribution in [2.24, 2.45) is 0 Å². The number of nitrogens with one attached hydrogen (secondary N) is 2. The molecule has 0 spiro atoms. The summed E-state index contributed by atoms with van der Waals surface area (Å²) in [7, 11) is 3.28. The summed E-state index contributed by atoms with van der Waals surface area (Å²) in [6.07, 6.45) is 5.68. The van der Waals surface area contributed by atoms with Gasteiger partial charge in [-0.3, -0.25) is 14.9 Å². The van der Waals surface area contributed by atoms with Gasteiger partial charge in [0.1, 0.15) is 11.4 Å². The van der Waals surface area contributed by atoms with E-state index < -0.39 is 0 Å². The summed E-state index contributed by atoms with van der Waals surface area (Å²) in [5.41, 5.74) is 2.41. The smallest absolute Gasteiger partial charge is 0.259 e. The van der Waals surface area contributed by atoms with Crippen molar-refractivity contribution in [1.82, 2.24) is 14.9 Å². The van der Waals surface area contributed by atoms with Crippen LogP contribution in [0, 0.1) is 0 Å². The summed E-state index contributed by atoms with van der Waals surface area (Å²) < 4.78 is 5.14. The second-order valence-corrected chi connectivity index (χ2v) is 5.17. The molecule has 0 fully saturated rings. The van der Waals surface area contributed by atoms with Crippen LogP contribution in [0.25, 0.3) is 17.7 Å². The maximum atomic E-state index is 12.6. The van der Waals surface area contributed by atoms with Gasteiger partial charge in [0.05, 0.1) is 18.4 Å². The molecule has 0 saturated carbocycles. The van der Waals surface area contributed by atoms with Gasteiger partial charge >= 0.3 is 0 Å². The summed E-state index contributed by atoms with van der Waals surface area (Å²) in [5, 5.41) is 2.46. The summed E-state index contributed by atoms with van der Waals surface area (Å²) >= 11 is 0. The van der Waals surface area contributed by atoms with Gasteiger partial charge in [0, 0.05) is 13.2 Å². The van der Waals surface area contributed by atoms with E-state index in [1.54, 1.807) is 32.5 Å². The normalized spacial score (nSPS) is 15.2. The molecule has 2 aromatic rings. The van der Waals surface area contributed by atoms with Gasteiger partial charge in [-0.15, -0.1) is 0 Å². The fourth-order valence-corrected chi connectivity index (χ4v) is 2.38. The van der Waals surface area contributed by atoms with Crippen LogP contribution >= 0.6 is 0 Å². The fourth-order valence-electron chi connectivity index (χ4n) is 2.38. The number of likely N-dealkylation sites (N-methyl/N-ethyl adjacent to an activating group) is 1. The largest absolute Gasteiger partial charge is 0.497 e. The Morgan fingerprint density at radius 2 is 2.04 bits per heavy atom. The number of aromatic amines is 1. The monoisotopic (exact) mass is 324 g/mol. The van der Waals surface area contributed by atoms with E-state index in [0.717, 1.165) is 11.3 Å². The van der Waals surface area contributed by atoms with Crippen molar-refractivity contribution >= 4 is 36.0 Å². The SMILES string of the molecule is COc1ccc(/C=C2/C(=O)N(C)C=Cc3[nH]c(NC=O)nc32)cc1. The van der Waals surface area contributed by atoms with Crippen molar-refractivity contribution in [3.8, 4) is 5.75 Å². The average Bonchev–Trinajstić information content (AvgIpc) is 2.96. The summed E-state index contributed by atoms with van der Waals surface area (Å²) in [4.78, 5) is 32.0. The van der Waals surface area contributed by atoms with Crippen LogP contribution in [-0.4, -0.2) is 41.3 Å². The lowest BCUT2D eigenvalue weighted by atomic mass is 10.1. The predicted octanol–water partition coefficient (Wildman–Crippen LogP) is 1.97. The van der Waals surface area contributed by atoms with Crippen molar-refractivity contribution in [2.75, 3.05) is 19.5 Å². The van der Waals surface area contributed by atoms with E-state index in [9.17, 15) is 9.59 Å². The molecule has 24 heavy (non-hydrogen) atoms. The van der Waals surface area contributed by atoms with E-state index in [2.05, 4.69) is 15.3 Å². The number of rotatable bonds is 4. The zero-order valence-electron chi connectivity index (χ0n) is 13.2. The minimum Gasteiger partial charge on any atom is -0.497 e. The van der Waals surface area contributed by atoms with Gasteiger partial charge in [0.2, 0.25) is 12.4 Å². The topological polar surface area (TPSA) is 87.3 Å². The number of H-pyrrole nitrogens is 1. The van der Waals surface area contributed by atoms with E-state index in [-0.39, 0.29) is 11.9 Å². The number of ether oxygens (including phenoxy) is 1. The molecule has 2 amide bonds. The molecule has 7 heteroatoms. The van der Waals surface area contributed by atoms with Crippen LogP contribution in [0.3, 0.4) is 0 Å². The van der Waals surface area contributed by atoms with Crippen LogP contribution in [0.1, 0.15) is 17.0 Å². The molecule has 3 rings (SSSR count). The summed E-state index contributed by atoms with van der Waals surface area (Å²) in [6.45, 7) is 0. The Kier molecular flexibility index (Phi) is 4.15. The van der Waals surface area contributed by atoms with Crippen LogP contribution in [0.15, 0.2) is 30.5 Å². The number of amides is 2. The lowest BCUT2D eigenvalue weighted by molar-refractivity contribution is -0.121. The first-order chi connectivity index (χ1) is 11.6. The molecule has 7 nitrogen and oxygen atoms in total. The van der Waals surface area contributed by atoms with Gasteiger partial charge in [-0.2, -0.15) is 0 Å². The van der Waals surface area contributed by atoms with E-state index in [1.165, 1.54) is 4.90 Å². The number of hydrogen-bond donors (Lipinski definition) is 2. The summed E-state index contributed by atoms with van der Waals surface area (Å²) in [6, 6.07) is 7.35. The number of nitrogens with zero attached hydrogens (tertiary/aromatic N) is 2. The fraction of sp³-hybridized carbons (Fsp3) is 0.118. The highest BCUT2D eigenvalue weighted by atomic mass is 16.5. The molecule has 0 radical (unpaired) electrons. The number of imidazole rings is 1. The number of anilines is 1. The van der Waals surface area contributed by atoms with E-state index in [4.69, 9.17) is 4.74 Å². The number of fused-ring (bicyclic) bond motifs is 1. The number of carbonyl (C=O) groups excluding carboxylic acids is 2. The number of hydrogen-bond acceptors (Lipinski definition) is 4. The van der Waals surface area contributed by atoms with Crippen LogP contribution in [-0.2, 0) is 9.59 Å². The van der Waals surface area contributed by atoms with Crippen LogP contribution in [0.4, 0.5) is 5.95 Å². The molecule has 0 unspecified atom stereocenters. The third kappa shape index (κ3) is 2.91. The van der Waals surface area contributed by atoms with Crippen molar-refractivity contribution < 1.29 is 14.3 Å². The molecule has 1 aromatic heterocycles. The third-order valence-corrected chi connectivity index (χ3v) is 3.62. The molecular formula is C17H16N4O3. The Balaban J connectivity index is 2.08. The first-order valence-corrected chi connectivity index (χ1v) is 7.24. The molecule has 0 aliphatic carbocycles. The third-order valence-electron chi connectivity index (χ3n) is 3.62. The number of carbonyl (C=O) groups is 2. The molecule has 2 heterocycles. The lowest BCUT2D eigenvalue weighted by Crippen LogP contribution is -2.21. The Morgan fingerprint density at radius 1 is 1.29 bits per heavy atom. The van der Waals surface area contributed by atoms with Gasteiger partial charge in [-0.1, -0.05) is 12.1 Å². The highest BCUT2D eigenvalue weighted by Gasteiger charge is 2.24. The lowest BCUT2D eigenvalue weighted by Gasteiger charge is -2.11. The van der Waals surface area contributed by atoms with Gasteiger partial charge in [0.15, 0.2) is 0 Å². The van der Waals surface area contributed by atoms with Crippen LogP contribution in [0.5, 0.6) is 5.75 Å².